The molecule has 31 heavy (non-hydrogen) atoms. The molecule has 162 valence electrons. The summed E-state index contributed by atoms with van der Waals surface area (Å²) in [6.07, 6.45) is -4.66. The fourth-order valence-corrected chi connectivity index (χ4v) is 3.27. The van der Waals surface area contributed by atoms with Crippen LogP contribution >= 0.6 is 0 Å². The van der Waals surface area contributed by atoms with Crippen molar-refractivity contribution in [3.63, 3.8) is 0 Å². The van der Waals surface area contributed by atoms with Crippen molar-refractivity contribution < 1.29 is 28.2 Å². The van der Waals surface area contributed by atoms with Crippen LogP contribution in [0.2, 0.25) is 0 Å². The first-order valence-corrected chi connectivity index (χ1v) is 9.73. The lowest BCUT2D eigenvalue weighted by Gasteiger charge is -2.13. The van der Waals surface area contributed by atoms with E-state index >= 15 is 0 Å². The predicted octanol–water partition coefficient (Wildman–Crippen LogP) is 4.94. The molecule has 0 saturated heterocycles. The SMILES string of the molecule is O=C(O)c1ccc(-c2ccc(CCNC[C@H](O)c3ccccc3)cc2)cc1C(F)(F)F. The molecule has 0 heterocycles. The van der Waals surface area contributed by atoms with E-state index in [4.69, 9.17) is 5.11 Å². The highest BCUT2D eigenvalue weighted by Crippen LogP contribution is 2.35. The van der Waals surface area contributed by atoms with Gasteiger partial charge in [0, 0.05) is 6.54 Å². The van der Waals surface area contributed by atoms with Crippen LogP contribution in [-0.4, -0.2) is 29.3 Å². The molecular formula is C24H22F3NO3. The molecule has 0 fully saturated rings. The van der Waals surface area contributed by atoms with Crippen molar-refractivity contribution >= 4 is 5.97 Å². The van der Waals surface area contributed by atoms with Crippen molar-refractivity contribution in [2.45, 2.75) is 18.7 Å². The third-order valence-electron chi connectivity index (χ3n) is 4.96. The molecule has 3 rings (SSSR count). The van der Waals surface area contributed by atoms with Crippen molar-refractivity contribution in [2.24, 2.45) is 0 Å². The minimum atomic E-state index is -4.75. The zero-order chi connectivity index (χ0) is 22.4. The van der Waals surface area contributed by atoms with Gasteiger partial charge in [-0.2, -0.15) is 13.2 Å². The van der Waals surface area contributed by atoms with Crippen molar-refractivity contribution in [1.82, 2.24) is 5.32 Å². The molecule has 0 saturated carbocycles. The van der Waals surface area contributed by atoms with Gasteiger partial charge in [0.05, 0.1) is 17.2 Å². The summed E-state index contributed by atoms with van der Waals surface area (Å²) >= 11 is 0. The van der Waals surface area contributed by atoms with E-state index in [1.54, 1.807) is 12.1 Å². The molecule has 0 bridgehead atoms. The largest absolute Gasteiger partial charge is 0.478 e. The predicted molar refractivity (Wildman–Crippen MR) is 112 cm³/mol. The third-order valence-corrected chi connectivity index (χ3v) is 4.96. The minimum Gasteiger partial charge on any atom is -0.478 e. The molecule has 0 aliphatic rings. The van der Waals surface area contributed by atoms with Gasteiger partial charge in [0.1, 0.15) is 0 Å². The highest BCUT2D eigenvalue weighted by molar-refractivity contribution is 5.90. The van der Waals surface area contributed by atoms with E-state index in [1.165, 1.54) is 6.07 Å². The standard InChI is InChI=1S/C24H22F3NO3/c25-24(26,27)21-14-19(10-11-20(21)23(30)31)17-8-6-16(7-9-17)12-13-28-15-22(29)18-4-2-1-3-5-18/h1-11,14,22,28-29H,12-13,15H2,(H,30,31)/t22-/m0/s1. The fraction of sp³-hybridized carbons (Fsp3) is 0.208. The van der Waals surface area contributed by atoms with E-state index in [0.29, 0.717) is 30.6 Å². The average molecular weight is 429 g/mol. The number of hydrogen-bond donors (Lipinski definition) is 3. The van der Waals surface area contributed by atoms with Crippen molar-refractivity contribution in [3.8, 4) is 11.1 Å². The lowest BCUT2D eigenvalue weighted by atomic mass is 9.97. The zero-order valence-electron chi connectivity index (χ0n) is 16.6. The second-order valence-electron chi connectivity index (χ2n) is 7.14. The number of benzene rings is 3. The molecule has 0 amide bonds. The lowest BCUT2D eigenvalue weighted by molar-refractivity contribution is -0.138. The molecule has 7 heteroatoms. The highest BCUT2D eigenvalue weighted by Gasteiger charge is 2.35. The van der Waals surface area contributed by atoms with Gasteiger partial charge < -0.3 is 15.5 Å². The summed E-state index contributed by atoms with van der Waals surface area (Å²) in [6, 6.07) is 19.6. The summed E-state index contributed by atoms with van der Waals surface area (Å²) < 4.78 is 39.7. The normalized spacial score (nSPS) is 12.5. The second kappa shape index (κ2) is 9.76. The summed E-state index contributed by atoms with van der Waals surface area (Å²) in [4.78, 5) is 11.1. The molecule has 0 radical (unpaired) electrons. The maximum absolute atomic E-state index is 13.2. The topological polar surface area (TPSA) is 69.6 Å². The molecule has 4 nitrogen and oxygen atoms in total. The van der Waals surface area contributed by atoms with E-state index in [1.807, 2.05) is 42.5 Å². The van der Waals surface area contributed by atoms with Crippen molar-refractivity contribution in [1.29, 1.82) is 0 Å². The van der Waals surface area contributed by atoms with E-state index in [-0.39, 0.29) is 0 Å². The molecule has 0 unspecified atom stereocenters. The van der Waals surface area contributed by atoms with Crippen LogP contribution in [-0.2, 0) is 12.6 Å². The molecule has 0 spiro atoms. The second-order valence-corrected chi connectivity index (χ2v) is 7.14. The van der Waals surface area contributed by atoms with E-state index < -0.39 is 29.4 Å². The van der Waals surface area contributed by atoms with Gasteiger partial charge in [-0.1, -0.05) is 60.7 Å². The van der Waals surface area contributed by atoms with Crippen LogP contribution in [0.1, 0.15) is 33.2 Å². The third kappa shape index (κ3) is 5.93. The molecule has 0 aromatic heterocycles. The molecule has 1 atom stereocenters. The first-order chi connectivity index (χ1) is 14.8. The van der Waals surface area contributed by atoms with E-state index in [2.05, 4.69) is 5.32 Å². The van der Waals surface area contributed by atoms with Gasteiger partial charge in [-0.3, -0.25) is 0 Å². The van der Waals surface area contributed by atoms with Crippen LogP contribution in [0.4, 0.5) is 13.2 Å². The summed E-state index contributed by atoms with van der Waals surface area (Å²) in [5.41, 5.74) is 0.765. The number of carbonyl (C=O) groups is 1. The highest BCUT2D eigenvalue weighted by atomic mass is 19.4. The van der Waals surface area contributed by atoms with Crippen LogP contribution in [0.3, 0.4) is 0 Å². The summed E-state index contributed by atoms with van der Waals surface area (Å²) in [7, 11) is 0. The Morgan fingerprint density at radius 3 is 2.19 bits per heavy atom. The van der Waals surface area contributed by atoms with Gasteiger partial charge in [-0.25, -0.2) is 4.79 Å². The van der Waals surface area contributed by atoms with Crippen LogP contribution in [0.5, 0.6) is 0 Å². The monoisotopic (exact) mass is 429 g/mol. The number of hydrogen-bond acceptors (Lipinski definition) is 3. The molecule has 3 N–H and O–H groups in total. The van der Waals surface area contributed by atoms with E-state index in [9.17, 15) is 23.1 Å². The van der Waals surface area contributed by atoms with Gasteiger partial charge in [0.15, 0.2) is 0 Å². The van der Waals surface area contributed by atoms with Gasteiger partial charge in [0.25, 0.3) is 0 Å². The van der Waals surface area contributed by atoms with Crippen LogP contribution < -0.4 is 5.32 Å². The Morgan fingerprint density at radius 1 is 0.935 bits per heavy atom. The average Bonchev–Trinajstić information content (AvgIpc) is 2.76. The van der Waals surface area contributed by atoms with Gasteiger partial charge in [0.2, 0.25) is 0 Å². The number of rotatable bonds is 8. The first-order valence-electron chi connectivity index (χ1n) is 9.73. The Labute approximate surface area is 178 Å². The number of aliphatic hydroxyl groups is 1. The minimum absolute atomic E-state index is 0.299. The molecular weight excluding hydrogens is 407 g/mol. The van der Waals surface area contributed by atoms with Crippen LogP contribution in [0, 0.1) is 0 Å². The van der Waals surface area contributed by atoms with Crippen molar-refractivity contribution in [3.05, 3.63) is 95.1 Å². The van der Waals surface area contributed by atoms with Crippen molar-refractivity contribution in [2.75, 3.05) is 13.1 Å². The fourth-order valence-electron chi connectivity index (χ4n) is 3.27. The molecule has 3 aromatic rings. The first kappa shape index (κ1) is 22.5. The number of alkyl halides is 3. The van der Waals surface area contributed by atoms with Gasteiger partial charge in [-0.15, -0.1) is 0 Å². The number of nitrogens with one attached hydrogen (secondary N) is 1. The number of carboxylic acid groups (broad SMARTS) is 1. The lowest BCUT2D eigenvalue weighted by Crippen LogP contribution is -2.23. The van der Waals surface area contributed by atoms with Gasteiger partial charge in [-0.05, 0) is 47.4 Å². The van der Waals surface area contributed by atoms with Crippen LogP contribution in [0.25, 0.3) is 11.1 Å². The summed E-state index contributed by atoms with van der Waals surface area (Å²) in [5.74, 6) is -1.61. The maximum Gasteiger partial charge on any atom is 0.417 e. The zero-order valence-corrected chi connectivity index (χ0v) is 16.6. The van der Waals surface area contributed by atoms with Gasteiger partial charge >= 0.3 is 12.1 Å². The molecule has 0 aliphatic carbocycles. The summed E-state index contributed by atoms with van der Waals surface area (Å²) in [6.45, 7) is 1.05. The van der Waals surface area contributed by atoms with E-state index in [0.717, 1.165) is 23.3 Å². The Morgan fingerprint density at radius 2 is 1.58 bits per heavy atom. The smallest absolute Gasteiger partial charge is 0.417 e. The van der Waals surface area contributed by atoms with Crippen LogP contribution in [0.15, 0.2) is 72.8 Å². The number of carboxylic acids is 1. The molecule has 0 aliphatic heterocycles. The number of aliphatic hydroxyl groups excluding tert-OH is 1. The molecule has 3 aromatic carbocycles. The maximum atomic E-state index is 13.2. The quantitative estimate of drug-likeness (QED) is 0.444. The Hall–Kier alpha value is -3.16. The Balaban J connectivity index is 1.61. The Bertz CT molecular complexity index is 1020. The number of halogens is 3. The number of aromatic carboxylic acids is 1. The Kier molecular flexibility index (Phi) is 7.09. The summed E-state index contributed by atoms with van der Waals surface area (Å²) in [5, 5.41) is 22.3.